The van der Waals surface area contributed by atoms with Crippen LogP contribution in [0.5, 0.6) is 0 Å². The molecule has 0 aromatic heterocycles. The topological polar surface area (TPSA) is 43.4 Å². The Morgan fingerprint density at radius 2 is 0.600 bits per heavy atom. The second-order valence-corrected chi connectivity index (χ2v) is 10.8. The van der Waals surface area contributed by atoms with E-state index < -0.39 is 0 Å². The number of carbonyl (C=O) groups is 2. The van der Waals surface area contributed by atoms with Crippen LogP contribution in [-0.2, 0) is 14.3 Å². The molecule has 0 bridgehead atoms. The van der Waals surface area contributed by atoms with Crippen LogP contribution in [0.4, 0.5) is 0 Å². The zero-order valence-electron chi connectivity index (χ0n) is 24.0. The van der Waals surface area contributed by atoms with Crippen molar-refractivity contribution in [1.82, 2.24) is 0 Å². The van der Waals surface area contributed by atoms with E-state index in [1.807, 2.05) is 0 Å². The number of carbonyl (C=O) groups excluding carboxylic acids is 2. The lowest BCUT2D eigenvalue weighted by Crippen LogP contribution is -2.14. The molecule has 0 aromatic rings. The SMILES string of the molecule is CCCCCCCCCCCCCCC(=O)COCC(=O)CCCCCCCCCCCCCC. The summed E-state index contributed by atoms with van der Waals surface area (Å²) in [6, 6.07) is 0. The maximum absolute atomic E-state index is 11.9. The monoisotopic (exact) mass is 494 g/mol. The van der Waals surface area contributed by atoms with Crippen LogP contribution in [0.3, 0.4) is 0 Å². The van der Waals surface area contributed by atoms with Crippen LogP contribution in [0.2, 0.25) is 0 Å². The fraction of sp³-hybridized carbons (Fsp3) is 0.938. The molecule has 0 spiro atoms. The first-order valence-electron chi connectivity index (χ1n) is 15.8. The highest BCUT2D eigenvalue weighted by molar-refractivity contribution is 5.81. The Balaban J connectivity index is 3.28. The van der Waals surface area contributed by atoms with Crippen molar-refractivity contribution in [3.05, 3.63) is 0 Å². The second kappa shape index (κ2) is 29.5. The van der Waals surface area contributed by atoms with E-state index in [2.05, 4.69) is 13.8 Å². The number of Topliss-reactive ketones (excluding diaryl/α,β-unsaturated/α-hetero) is 2. The van der Waals surface area contributed by atoms with Crippen molar-refractivity contribution < 1.29 is 14.3 Å². The molecule has 3 nitrogen and oxygen atoms in total. The van der Waals surface area contributed by atoms with Crippen molar-refractivity contribution in [2.75, 3.05) is 13.2 Å². The summed E-state index contributed by atoms with van der Waals surface area (Å²) in [6.07, 6.45) is 32.5. The number of hydrogen-bond donors (Lipinski definition) is 0. The van der Waals surface area contributed by atoms with Crippen LogP contribution in [-0.4, -0.2) is 24.8 Å². The first kappa shape index (κ1) is 34.3. The lowest BCUT2D eigenvalue weighted by atomic mass is 10.0. The molecule has 0 saturated heterocycles. The Labute approximate surface area is 219 Å². The van der Waals surface area contributed by atoms with Gasteiger partial charge in [-0.05, 0) is 12.8 Å². The standard InChI is InChI=1S/C32H62O3/c1-3-5-7-9-11-13-15-17-19-21-23-25-27-31(33)29-35-30-32(34)28-26-24-22-20-18-16-14-12-10-8-6-4-2/h3-30H2,1-2H3. The minimum Gasteiger partial charge on any atom is -0.366 e. The minimum absolute atomic E-state index is 0.113. The number of rotatable bonds is 30. The molecule has 0 heterocycles. The maximum atomic E-state index is 11.9. The Morgan fingerprint density at radius 1 is 0.371 bits per heavy atom. The Hall–Kier alpha value is -0.700. The van der Waals surface area contributed by atoms with Crippen molar-refractivity contribution in [2.45, 2.75) is 181 Å². The summed E-state index contributed by atoms with van der Waals surface area (Å²) >= 11 is 0. The quantitative estimate of drug-likeness (QED) is 0.0932. The molecule has 0 rings (SSSR count). The molecule has 0 atom stereocenters. The zero-order valence-corrected chi connectivity index (χ0v) is 24.0. The summed E-state index contributed by atoms with van der Waals surface area (Å²) in [5.41, 5.74) is 0. The van der Waals surface area contributed by atoms with Crippen molar-refractivity contribution in [2.24, 2.45) is 0 Å². The normalized spacial score (nSPS) is 11.3. The van der Waals surface area contributed by atoms with Gasteiger partial charge in [-0.15, -0.1) is 0 Å². The van der Waals surface area contributed by atoms with Crippen molar-refractivity contribution in [3.63, 3.8) is 0 Å². The largest absolute Gasteiger partial charge is 0.366 e. The lowest BCUT2D eigenvalue weighted by molar-refractivity contribution is -0.128. The lowest BCUT2D eigenvalue weighted by Gasteiger charge is -2.05. The van der Waals surface area contributed by atoms with Gasteiger partial charge in [-0.1, -0.05) is 155 Å². The van der Waals surface area contributed by atoms with E-state index in [0.29, 0.717) is 12.8 Å². The van der Waals surface area contributed by atoms with E-state index >= 15 is 0 Å². The fourth-order valence-corrected chi connectivity index (χ4v) is 4.75. The molecule has 3 heteroatoms. The molecule has 0 fully saturated rings. The predicted molar refractivity (Wildman–Crippen MR) is 152 cm³/mol. The van der Waals surface area contributed by atoms with Crippen LogP contribution < -0.4 is 0 Å². The molecule has 0 N–H and O–H groups in total. The first-order chi connectivity index (χ1) is 17.2. The number of unbranched alkanes of at least 4 members (excludes halogenated alkanes) is 22. The van der Waals surface area contributed by atoms with E-state index in [4.69, 9.17) is 4.74 Å². The molecule has 208 valence electrons. The molecule has 0 radical (unpaired) electrons. The van der Waals surface area contributed by atoms with Gasteiger partial charge in [-0.3, -0.25) is 9.59 Å². The van der Waals surface area contributed by atoms with Gasteiger partial charge in [0.25, 0.3) is 0 Å². The Kier molecular flexibility index (Phi) is 28.9. The Bertz CT molecular complexity index is 406. The van der Waals surface area contributed by atoms with Gasteiger partial charge < -0.3 is 4.74 Å². The van der Waals surface area contributed by atoms with E-state index in [0.717, 1.165) is 25.7 Å². The van der Waals surface area contributed by atoms with Gasteiger partial charge in [0.2, 0.25) is 0 Å². The van der Waals surface area contributed by atoms with Gasteiger partial charge in [0.15, 0.2) is 11.6 Å². The van der Waals surface area contributed by atoms with Crippen LogP contribution >= 0.6 is 0 Å². The fourth-order valence-electron chi connectivity index (χ4n) is 4.75. The molecular formula is C32H62O3. The average Bonchev–Trinajstić information content (AvgIpc) is 2.85. The molecule has 0 amide bonds. The predicted octanol–water partition coefficient (Wildman–Crippen LogP) is 10.3. The molecule has 35 heavy (non-hydrogen) atoms. The molecule has 0 aliphatic carbocycles. The summed E-state index contributed by atoms with van der Waals surface area (Å²) in [5.74, 6) is 0.297. The summed E-state index contributed by atoms with van der Waals surface area (Å²) in [5, 5.41) is 0. The van der Waals surface area contributed by atoms with Gasteiger partial charge in [0.1, 0.15) is 13.2 Å². The molecule has 0 saturated carbocycles. The summed E-state index contributed by atoms with van der Waals surface area (Å²) in [6.45, 7) is 4.76. The molecule has 0 unspecified atom stereocenters. The highest BCUT2D eigenvalue weighted by atomic mass is 16.5. The maximum Gasteiger partial charge on any atom is 0.158 e. The van der Waals surface area contributed by atoms with Crippen LogP contribution in [0.1, 0.15) is 181 Å². The van der Waals surface area contributed by atoms with Crippen molar-refractivity contribution in [3.8, 4) is 0 Å². The van der Waals surface area contributed by atoms with E-state index in [1.54, 1.807) is 0 Å². The highest BCUT2D eigenvalue weighted by Crippen LogP contribution is 2.14. The third kappa shape index (κ3) is 29.4. The highest BCUT2D eigenvalue weighted by Gasteiger charge is 2.06. The Morgan fingerprint density at radius 3 is 0.857 bits per heavy atom. The second-order valence-electron chi connectivity index (χ2n) is 10.8. The zero-order chi connectivity index (χ0) is 25.7. The van der Waals surface area contributed by atoms with E-state index in [9.17, 15) is 9.59 Å². The van der Waals surface area contributed by atoms with E-state index in [1.165, 1.54) is 128 Å². The average molecular weight is 495 g/mol. The molecule has 0 aliphatic heterocycles. The van der Waals surface area contributed by atoms with Crippen LogP contribution in [0.15, 0.2) is 0 Å². The number of ketones is 2. The smallest absolute Gasteiger partial charge is 0.158 e. The number of ether oxygens (including phenoxy) is 1. The number of hydrogen-bond acceptors (Lipinski definition) is 3. The third-order valence-electron chi connectivity index (χ3n) is 7.14. The van der Waals surface area contributed by atoms with Crippen LogP contribution in [0, 0.1) is 0 Å². The molecule has 0 aromatic carbocycles. The van der Waals surface area contributed by atoms with Gasteiger partial charge >= 0.3 is 0 Å². The van der Waals surface area contributed by atoms with Gasteiger partial charge in [-0.25, -0.2) is 0 Å². The minimum atomic E-state index is 0.113. The van der Waals surface area contributed by atoms with Crippen LogP contribution in [0.25, 0.3) is 0 Å². The summed E-state index contributed by atoms with van der Waals surface area (Å²) < 4.78 is 5.37. The third-order valence-corrected chi connectivity index (χ3v) is 7.14. The first-order valence-corrected chi connectivity index (χ1v) is 15.8. The van der Waals surface area contributed by atoms with Crippen molar-refractivity contribution >= 4 is 11.6 Å². The van der Waals surface area contributed by atoms with Gasteiger partial charge in [0, 0.05) is 12.8 Å². The summed E-state index contributed by atoms with van der Waals surface area (Å²) in [7, 11) is 0. The summed E-state index contributed by atoms with van der Waals surface area (Å²) in [4.78, 5) is 23.9. The van der Waals surface area contributed by atoms with Gasteiger partial charge in [0.05, 0.1) is 0 Å². The molecule has 0 aliphatic rings. The van der Waals surface area contributed by atoms with Gasteiger partial charge in [-0.2, -0.15) is 0 Å². The molecular weight excluding hydrogens is 432 g/mol. The van der Waals surface area contributed by atoms with Crippen molar-refractivity contribution in [1.29, 1.82) is 0 Å². The van der Waals surface area contributed by atoms with E-state index in [-0.39, 0.29) is 24.8 Å².